The van der Waals surface area contributed by atoms with Gasteiger partial charge in [0.1, 0.15) is 35.4 Å². The number of fused-ring (bicyclic) bond motifs is 1. The van der Waals surface area contributed by atoms with Crippen LogP contribution in [0.1, 0.15) is 93.0 Å². The maximum atomic E-state index is 16.1. The summed E-state index contributed by atoms with van der Waals surface area (Å²) in [5.74, 6) is -4.61. The number of benzene rings is 3. The molecule has 5 atom stereocenters. The molecule has 10 rings (SSSR count). The lowest BCUT2D eigenvalue weighted by Crippen LogP contribution is -2.58. The fraction of sp³-hybridized carbons (Fsp3) is 0.458. The Labute approximate surface area is 480 Å². The number of hydrogen-bond acceptors (Lipinski definition) is 14. The Morgan fingerprint density at radius 1 is 0.878 bits per heavy atom. The number of anilines is 2. The maximum Gasteiger partial charge on any atom is 0.246 e. The van der Waals surface area contributed by atoms with E-state index in [1.807, 2.05) is 88.7 Å². The monoisotopic (exact) mass is 1170 g/mol. The van der Waals surface area contributed by atoms with Crippen molar-refractivity contribution in [1.29, 1.82) is 0 Å². The molecular formula is C59H70F3N11O7S2. The van der Waals surface area contributed by atoms with Gasteiger partial charge in [0.2, 0.25) is 34.4 Å². The summed E-state index contributed by atoms with van der Waals surface area (Å²) in [6, 6.07) is 17.6. The molecule has 23 heteroatoms. The topological polar surface area (TPSA) is 208 Å². The number of carbonyl (C=O) groups is 4. The highest BCUT2D eigenvalue weighted by Gasteiger charge is 2.45. The van der Waals surface area contributed by atoms with E-state index in [4.69, 9.17) is 0 Å². The molecule has 0 aliphatic carbocycles. The van der Waals surface area contributed by atoms with Gasteiger partial charge in [0.15, 0.2) is 5.82 Å². The van der Waals surface area contributed by atoms with Crippen LogP contribution in [0.4, 0.5) is 24.5 Å². The predicted octanol–water partition coefficient (Wildman–Crippen LogP) is 6.81. The van der Waals surface area contributed by atoms with Crippen molar-refractivity contribution in [3.8, 4) is 21.6 Å². The molecule has 4 fully saturated rings. The summed E-state index contributed by atoms with van der Waals surface area (Å²) in [5, 5.41) is 18.3. The van der Waals surface area contributed by atoms with Crippen molar-refractivity contribution >= 4 is 68.1 Å². The average Bonchev–Trinajstić information content (AvgIpc) is 4.43. The van der Waals surface area contributed by atoms with Crippen LogP contribution < -0.4 is 19.9 Å². The SMILES string of the molecule is Cc1ncsc1-c1ccc([C@H](C)NC(=O)[C@@H]2C[C@@H](O)CN2C(=O)[C@@H](NC(=O)CN2CCCN(C3CCN(c4ccc(-c5cnc6[nH]cc(C(=O)c7c(F)ccc(N(N8CC[C@@H](F)C8)[SH](=O)=O)c7F)c6c5)cc4)CC3)CC2)C(C)(C)C)cc1. The zero-order valence-corrected chi connectivity index (χ0v) is 48.3. The van der Waals surface area contributed by atoms with Crippen LogP contribution in [-0.4, -0.2) is 168 Å². The number of thiol groups is 1. The molecule has 0 radical (unpaired) electrons. The number of halogens is 3. The van der Waals surface area contributed by atoms with Gasteiger partial charge in [-0.05, 0) is 105 Å². The van der Waals surface area contributed by atoms with Crippen molar-refractivity contribution in [2.45, 2.75) is 103 Å². The quantitative estimate of drug-likeness (QED) is 0.0500. The molecule has 0 bridgehead atoms. The van der Waals surface area contributed by atoms with E-state index in [9.17, 15) is 37.1 Å². The normalized spacial score (nSPS) is 20.5. The predicted molar refractivity (Wildman–Crippen MR) is 309 cm³/mol. The van der Waals surface area contributed by atoms with Gasteiger partial charge in [-0.15, -0.1) is 11.3 Å². The van der Waals surface area contributed by atoms with E-state index >= 15 is 8.78 Å². The molecule has 3 aromatic heterocycles. The van der Waals surface area contributed by atoms with Crippen LogP contribution >= 0.6 is 11.3 Å². The summed E-state index contributed by atoms with van der Waals surface area (Å²) in [6.07, 6.45) is 3.64. The Morgan fingerprint density at radius 3 is 2.28 bits per heavy atom. The maximum absolute atomic E-state index is 16.1. The van der Waals surface area contributed by atoms with Gasteiger partial charge in [0.25, 0.3) is 0 Å². The van der Waals surface area contributed by atoms with E-state index in [1.54, 1.807) is 23.6 Å². The minimum atomic E-state index is -3.50. The Kier molecular flexibility index (Phi) is 17.5. The van der Waals surface area contributed by atoms with Crippen molar-refractivity contribution in [1.82, 2.24) is 45.3 Å². The number of hydrogen-bond donors (Lipinski definition) is 5. The highest BCUT2D eigenvalue weighted by atomic mass is 32.2. The molecule has 436 valence electrons. The van der Waals surface area contributed by atoms with Gasteiger partial charge < -0.3 is 30.5 Å². The summed E-state index contributed by atoms with van der Waals surface area (Å²) in [7, 11) is -3.50. The number of H-pyrrole nitrogens is 1. The minimum Gasteiger partial charge on any atom is -0.391 e. The number of aliphatic hydroxyl groups is 1. The van der Waals surface area contributed by atoms with Gasteiger partial charge in [0, 0.05) is 86.3 Å². The third-order valence-corrected chi connectivity index (χ3v) is 18.2. The molecule has 0 unspecified atom stereocenters. The molecule has 0 saturated carbocycles. The highest BCUT2D eigenvalue weighted by Crippen LogP contribution is 2.35. The standard InChI is InChI=1S/C59H70F3N11O7S2/c1-35(37-7-9-39(10-8-37)54-36(2)65-34-81-54)66-57(77)49-28-44(74)32-72(49)58(78)55(59(3,4)5)67-50(75)33-68-20-6-21-69(26-25-68)43-18-22-70(23-19-43)42-13-11-38(12-14-42)40-27-45-46(30-64-56(45)63-29-40)53(76)51-47(61)15-16-48(52(51)62)73(82(79)80)71-24-17-41(60)31-71/h7-16,27,29-30,34-35,41,43-44,49,55,74,82H,6,17-26,28,31-33H2,1-5H3,(H,63,64)(H,66,77)(H,67,75)/t35-,41+,44+,49-,55+/m0/s1. The van der Waals surface area contributed by atoms with Crippen molar-refractivity contribution in [3.05, 3.63) is 119 Å². The van der Waals surface area contributed by atoms with Crippen molar-refractivity contribution in [2.24, 2.45) is 5.41 Å². The number of ketones is 1. The zero-order chi connectivity index (χ0) is 58.1. The fourth-order valence-electron chi connectivity index (χ4n) is 11.9. The number of aryl methyl sites for hydroxylation is 1. The van der Waals surface area contributed by atoms with Crippen LogP contribution in [0.3, 0.4) is 0 Å². The first kappa shape index (κ1) is 58.4. The second-order valence-corrected chi connectivity index (χ2v) is 24.8. The van der Waals surface area contributed by atoms with E-state index in [1.165, 1.54) is 11.1 Å². The Balaban J connectivity index is 0.712. The average molecular weight is 1170 g/mol. The Hall–Kier alpha value is -6.76. The number of nitrogens with zero attached hydrogens (tertiary/aromatic N) is 8. The molecule has 4 saturated heterocycles. The summed E-state index contributed by atoms with van der Waals surface area (Å²) in [5.41, 5.74) is 5.24. The first-order chi connectivity index (χ1) is 39.2. The number of likely N-dealkylation sites (tertiary alicyclic amines) is 1. The number of pyridine rings is 1. The lowest BCUT2D eigenvalue weighted by molar-refractivity contribution is -0.144. The number of aromatic nitrogens is 3. The van der Waals surface area contributed by atoms with Crippen LogP contribution in [0.15, 0.2) is 84.6 Å². The van der Waals surface area contributed by atoms with Gasteiger partial charge in [-0.1, -0.05) is 57.2 Å². The van der Waals surface area contributed by atoms with E-state index in [2.05, 4.69) is 40.3 Å². The summed E-state index contributed by atoms with van der Waals surface area (Å²) < 4.78 is 70.6. The molecule has 0 spiro atoms. The smallest absolute Gasteiger partial charge is 0.246 e. The zero-order valence-electron chi connectivity index (χ0n) is 46.6. The van der Waals surface area contributed by atoms with Crippen molar-refractivity contribution < 1.29 is 45.9 Å². The number of rotatable bonds is 16. The number of aliphatic hydroxyl groups excluding tert-OH is 1. The van der Waals surface area contributed by atoms with E-state index in [0.717, 1.165) is 102 Å². The fourth-order valence-corrected chi connectivity index (χ4v) is 13.4. The Bertz CT molecular complexity index is 3390. The third kappa shape index (κ3) is 12.6. The second-order valence-electron chi connectivity index (χ2n) is 23.0. The number of nitrogens with one attached hydrogen (secondary N) is 3. The molecule has 4 N–H and O–H groups in total. The number of carbonyl (C=O) groups excluding carboxylic acids is 4. The van der Waals surface area contributed by atoms with Gasteiger partial charge in [0.05, 0.1) is 46.9 Å². The van der Waals surface area contributed by atoms with Gasteiger partial charge in [-0.2, -0.15) is 4.41 Å². The van der Waals surface area contributed by atoms with E-state index in [-0.39, 0.29) is 62.4 Å². The molecule has 3 aromatic carbocycles. The van der Waals surface area contributed by atoms with E-state index < -0.39 is 75.2 Å². The van der Waals surface area contributed by atoms with Crippen molar-refractivity contribution in [2.75, 3.05) is 74.8 Å². The van der Waals surface area contributed by atoms with Crippen molar-refractivity contribution in [3.63, 3.8) is 0 Å². The lowest BCUT2D eigenvalue weighted by atomic mass is 9.85. The number of aromatic amines is 1. The summed E-state index contributed by atoms with van der Waals surface area (Å²) in [6.45, 7) is 14.1. The van der Waals surface area contributed by atoms with Crippen LogP contribution in [0, 0.1) is 24.0 Å². The molecule has 6 aromatic rings. The molecule has 4 aliphatic rings. The lowest BCUT2D eigenvalue weighted by Gasteiger charge is -2.39. The molecule has 3 amide bonds. The largest absolute Gasteiger partial charge is 0.391 e. The first-order valence-corrected chi connectivity index (χ1v) is 30.0. The van der Waals surface area contributed by atoms with Crippen LogP contribution in [0.25, 0.3) is 32.6 Å². The number of β-amino-alcohol motifs (C(OH)–C–C–N with tert-alkyl or cyclic N) is 1. The highest BCUT2D eigenvalue weighted by molar-refractivity contribution is 7.73. The molecule has 82 heavy (non-hydrogen) atoms. The second kappa shape index (κ2) is 24.6. The number of amides is 3. The molecule has 4 aliphatic heterocycles. The third-order valence-electron chi connectivity index (χ3n) is 16.4. The van der Waals surface area contributed by atoms with Gasteiger partial charge in [-0.25, -0.2) is 36.6 Å². The van der Waals surface area contributed by atoms with Crippen LogP contribution in [0.5, 0.6) is 0 Å². The molecule has 7 heterocycles. The number of alkyl halides is 1. The van der Waals surface area contributed by atoms with Gasteiger partial charge >= 0.3 is 0 Å². The summed E-state index contributed by atoms with van der Waals surface area (Å²) in [4.78, 5) is 77.3. The number of piperidine rings is 1. The number of thiazole rings is 1. The number of hydrazine groups is 1. The molecular weight excluding hydrogens is 1100 g/mol. The molecule has 18 nitrogen and oxygen atoms in total. The van der Waals surface area contributed by atoms with Gasteiger partial charge in [-0.3, -0.25) is 29.0 Å². The Morgan fingerprint density at radius 2 is 1.61 bits per heavy atom. The van der Waals surface area contributed by atoms with E-state index in [0.29, 0.717) is 33.6 Å². The summed E-state index contributed by atoms with van der Waals surface area (Å²) >= 11 is 1.57. The first-order valence-electron chi connectivity index (χ1n) is 28.0. The van der Waals surface area contributed by atoms with Crippen LogP contribution in [-0.2, 0) is 25.3 Å². The minimum absolute atomic E-state index is 0.00664. The van der Waals surface area contributed by atoms with Crippen LogP contribution in [0.2, 0.25) is 0 Å².